The summed E-state index contributed by atoms with van der Waals surface area (Å²) in [7, 11) is 0. The Hall–Kier alpha value is -1.50. The molecule has 6 heteroatoms. The molecule has 0 fully saturated rings. The Kier molecular flexibility index (Phi) is 9.88. The topological polar surface area (TPSA) is 63.4 Å². The van der Waals surface area contributed by atoms with Gasteiger partial charge in [0.15, 0.2) is 0 Å². The van der Waals surface area contributed by atoms with Gasteiger partial charge in [0.05, 0.1) is 11.1 Å². The highest BCUT2D eigenvalue weighted by Crippen LogP contribution is 2.23. The third-order valence-electron chi connectivity index (χ3n) is 4.53. The number of imide groups is 1. The Morgan fingerprint density at radius 2 is 1.14 bits per heavy atom. The van der Waals surface area contributed by atoms with E-state index in [0.29, 0.717) is 26.6 Å². The van der Waals surface area contributed by atoms with Crippen LogP contribution < -0.4 is 5.73 Å². The van der Waals surface area contributed by atoms with Gasteiger partial charge in [-0.1, -0.05) is 49.9 Å². The lowest BCUT2D eigenvalue weighted by Gasteiger charge is -2.22. The van der Waals surface area contributed by atoms with Crippen LogP contribution >= 0.6 is 31.9 Å². The molecule has 0 radical (unpaired) electrons. The molecule has 0 saturated heterocycles. The summed E-state index contributed by atoms with van der Waals surface area (Å²) >= 11 is 6.85. The lowest BCUT2D eigenvalue weighted by atomic mass is 10.1. The SMILES string of the molecule is NCCCCCCCCN(C(=O)c1ccccc1Br)C(=O)c1ccccc1Br. The normalized spacial score (nSPS) is 10.7. The van der Waals surface area contributed by atoms with Gasteiger partial charge in [-0.05, 0) is 75.5 Å². The van der Waals surface area contributed by atoms with Gasteiger partial charge in [0.2, 0.25) is 0 Å². The third kappa shape index (κ3) is 6.54. The monoisotopic (exact) mass is 508 g/mol. The van der Waals surface area contributed by atoms with Crippen molar-refractivity contribution in [1.29, 1.82) is 0 Å². The number of benzene rings is 2. The van der Waals surface area contributed by atoms with Crippen LogP contribution in [0, 0.1) is 0 Å². The lowest BCUT2D eigenvalue weighted by molar-refractivity contribution is 0.0612. The number of rotatable bonds is 10. The molecule has 0 saturated carbocycles. The van der Waals surface area contributed by atoms with Crippen LogP contribution in [-0.2, 0) is 0 Å². The molecule has 0 unspecified atom stereocenters. The van der Waals surface area contributed by atoms with E-state index in [1.54, 1.807) is 24.3 Å². The van der Waals surface area contributed by atoms with E-state index in [0.717, 1.165) is 45.1 Å². The number of hydrogen-bond donors (Lipinski definition) is 1. The van der Waals surface area contributed by atoms with Crippen LogP contribution in [0.1, 0.15) is 59.2 Å². The zero-order valence-corrected chi connectivity index (χ0v) is 19.0. The summed E-state index contributed by atoms with van der Waals surface area (Å²) in [6.07, 6.45) is 6.16. The van der Waals surface area contributed by atoms with Gasteiger partial charge in [-0.2, -0.15) is 0 Å². The smallest absolute Gasteiger partial charge is 0.261 e. The molecule has 2 aromatic rings. The highest BCUT2D eigenvalue weighted by molar-refractivity contribution is 9.10. The van der Waals surface area contributed by atoms with Gasteiger partial charge in [0.25, 0.3) is 11.8 Å². The molecular formula is C22H26Br2N2O2. The predicted molar refractivity (Wildman–Crippen MR) is 120 cm³/mol. The molecule has 0 aromatic heterocycles. The summed E-state index contributed by atoms with van der Waals surface area (Å²) in [6, 6.07) is 14.4. The Labute approximate surface area is 183 Å². The molecule has 4 nitrogen and oxygen atoms in total. The molecule has 0 spiro atoms. The van der Waals surface area contributed by atoms with Gasteiger partial charge in [0, 0.05) is 15.5 Å². The highest BCUT2D eigenvalue weighted by Gasteiger charge is 2.26. The minimum absolute atomic E-state index is 0.281. The van der Waals surface area contributed by atoms with Crippen molar-refractivity contribution < 1.29 is 9.59 Å². The molecule has 0 bridgehead atoms. The Morgan fingerprint density at radius 3 is 1.61 bits per heavy atom. The van der Waals surface area contributed by atoms with Crippen LogP contribution in [0.5, 0.6) is 0 Å². The summed E-state index contributed by atoms with van der Waals surface area (Å²) in [6.45, 7) is 1.13. The summed E-state index contributed by atoms with van der Waals surface area (Å²) in [5.74, 6) is -0.562. The maximum atomic E-state index is 13.1. The fraction of sp³-hybridized carbons (Fsp3) is 0.364. The molecule has 0 heterocycles. The molecule has 0 aliphatic heterocycles. The molecule has 150 valence electrons. The number of nitrogens with zero attached hydrogens (tertiary/aromatic N) is 1. The second kappa shape index (κ2) is 12.1. The third-order valence-corrected chi connectivity index (χ3v) is 5.92. The van der Waals surface area contributed by atoms with Gasteiger partial charge < -0.3 is 5.73 Å². The summed E-state index contributed by atoms with van der Waals surface area (Å²) < 4.78 is 1.37. The molecule has 28 heavy (non-hydrogen) atoms. The summed E-state index contributed by atoms with van der Waals surface area (Å²) in [4.78, 5) is 27.6. The Bertz CT molecular complexity index is 738. The quantitative estimate of drug-likeness (QED) is 0.325. The summed E-state index contributed by atoms with van der Waals surface area (Å²) in [5, 5.41) is 0. The molecule has 2 N–H and O–H groups in total. The van der Waals surface area contributed by atoms with Crippen molar-refractivity contribution in [3.63, 3.8) is 0 Å². The van der Waals surface area contributed by atoms with Crippen molar-refractivity contribution in [2.45, 2.75) is 38.5 Å². The van der Waals surface area contributed by atoms with Gasteiger partial charge in [0.1, 0.15) is 0 Å². The van der Waals surface area contributed by atoms with Crippen molar-refractivity contribution in [3.05, 3.63) is 68.6 Å². The number of carbonyl (C=O) groups excluding carboxylic acids is 2. The number of halogens is 2. The number of amides is 2. The zero-order chi connectivity index (χ0) is 20.4. The molecular weight excluding hydrogens is 484 g/mol. The minimum atomic E-state index is -0.281. The predicted octanol–water partition coefficient (Wildman–Crippen LogP) is 5.79. The molecule has 2 aromatic carbocycles. The second-order valence-electron chi connectivity index (χ2n) is 6.63. The van der Waals surface area contributed by atoms with E-state index >= 15 is 0 Å². The first-order valence-electron chi connectivity index (χ1n) is 9.61. The maximum absolute atomic E-state index is 13.1. The first-order chi connectivity index (χ1) is 13.6. The van der Waals surface area contributed by atoms with Crippen LogP contribution in [0.4, 0.5) is 0 Å². The van der Waals surface area contributed by atoms with Gasteiger partial charge in [-0.3, -0.25) is 14.5 Å². The molecule has 2 rings (SSSR count). The van der Waals surface area contributed by atoms with Crippen molar-refractivity contribution in [2.24, 2.45) is 5.73 Å². The van der Waals surface area contributed by atoms with Gasteiger partial charge in [-0.25, -0.2) is 0 Å². The Morgan fingerprint density at radius 1 is 0.714 bits per heavy atom. The zero-order valence-electron chi connectivity index (χ0n) is 15.9. The van der Waals surface area contributed by atoms with E-state index in [4.69, 9.17) is 5.73 Å². The van der Waals surface area contributed by atoms with Crippen LogP contribution in [0.25, 0.3) is 0 Å². The lowest BCUT2D eigenvalue weighted by Crippen LogP contribution is -2.38. The van der Waals surface area contributed by atoms with E-state index in [2.05, 4.69) is 31.9 Å². The summed E-state index contributed by atoms with van der Waals surface area (Å²) in [5.41, 5.74) is 6.50. The largest absolute Gasteiger partial charge is 0.330 e. The first kappa shape index (κ1) is 22.8. The van der Waals surface area contributed by atoms with E-state index < -0.39 is 0 Å². The van der Waals surface area contributed by atoms with Crippen LogP contribution in [-0.4, -0.2) is 29.8 Å². The second-order valence-corrected chi connectivity index (χ2v) is 8.34. The van der Waals surface area contributed by atoms with Crippen molar-refractivity contribution >= 4 is 43.7 Å². The average molecular weight is 510 g/mol. The standard InChI is InChI=1S/C22H26Br2N2O2/c23-19-13-7-5-11-17(19)21(27)26(16-10-4-2-1-3-9-15-25)22(28)18-12-6-8-14-20(18)24/h5-8,11-14H,1-4,9-10,15-16,25H2. The maximum Gasteiger partial charge on any atom is 0.261 e. The van der Waals surface area contributed by atoms with Crippen LogP contribution in [0.15, 0.2) is 57.5 Å². The number of hydrogen-bond acceptors (Lipinski definition) is 3. The van der Waals surface area contributed by atoms with E-state index in [-0.39, 0.29) is 11.8 Å². The van der Waals surface area contributed by atoms with Crippen LogP contribution in [0.2, 0.25) is 0 Å². The molecule has 2 amide bonds. The van der Waals surface area contributed by atoms with Crippen molar-refractivity contribution in [2.75, 3.05) is 13.1 Å². The Balaban J connectivity index is 2.12. The fourth-order valence-corrected chi connectivity index (χ4v) is 3.89. The van der Waals surface area contributed by atoms with E-state index in [1.807, 2.05) is 24.3 Å². The number of carbonyl (C=O) groups is 2. The van der Waals surface area contributed by atoms with Crippen LogP contribution in [0.3, 0.4) is 0 Å². The number of nitrogens with two attached hydrogens (primary N) is 1. The molecule has 0 aliphatic rings. The van der Waals surface area contributed by atoms with Gasteiger partial charge >= 0.3 is 0 Å². The number of unbranched alkanes of at least 4 members (excludes halogenated alkanes) is 5. The van der Waals surface area contributed by atoms with Gasteiger partial charge in [-0.15, -0.1) is 0 Å². The van der Waals surface area contributed by atoms with Crippen molar-refractivity contribution in [3.8, 4) is 0 Å². The van der Waals surface area contributed by atoms with E-state index in [9.17, 15) is 9.59 Å². The first-order valence-corrected chi connectivity index (χ1v) is 11.2. The average Bonchev–Trinajstić information content (AvgIpc) is 2.70. The minimum Gasteiger partial charge on any atom is -0.330 e. The highest BCUT2D eigenvalue weighted by atomic mass is 79.9. The molecule has 0 atom stereocenters. The van der Waals surface area contributed by atoms with Crippen molar-refractivity contribution in [1.82, 2.24) is 4.90 Å². The fourth-order valence-electron chi connectivity index (χ4n) is 2.98. The molecule has 0 aliphatic carbocycles. The van der Waals surface area contributed by atoms with E-state index in [1.165, 1.54) is 4.90 Å².